The Labute approximate surface area is 210 Å². The third-order valence-corrected chi connectivity index (χ3v) is 6.88. The van der Waals surface area contributed by atoms with Gasteiger partial charge in [-0.2, -0.15) is 0 Å². The van der Waals surface area contributed by atoms with E-state index in [1.165, 1.54) is 9.87 Å². The lowest BCUT2D eigenvalue weighted by Crippen LogP contribution is -2.29. The van der Waals surface area contributed by atoms with E-state index in [0.29, 0.717) is 22.0 Å². The number of anilines is 2. The van der Waals surface area contributed by atoms with E-state index in [2.05, 4.69) is 10.3 Å². The number of sulfonamides is 1. The zero-order chi connectivity index (χ0) is 24.8. The first-order valence-electron chi connectivity index (χ1n) is 10.9. The number of carbonyl (C=O) groups is 1. The molecule has 35 heavy (non-hydrogen) atoms. The first kappa shape index (κ1) is 24.4. The minimum absolute atomic E-state index is 0.101. The highest BCUT2D eigenvalue weighted by Crippen LogP contribution is 2.28. The van der Waals surface area contributed by atoms with Crippen molar-refractivity contribution < 1.29 is 13.2 Å². The molecule has 0 saturated carbocycles. The number of nitrogens with one attached hydrogen (secondary N) is 1. The standard InChI is InChI=1S/C27H24ClN3O3S/c1-35(33,34)31(26-5-3-2-4-25(26)28)19-22-6-10-23(11-7-22)27(32)30-24-12-8-20(9-13-24)18-21-14-16-29-17-15-21/h2-17H,18-19H2,1H3,(H,30,32). The zero-order valence-electron chi connectivity index (χ0n) is 19.1. The third-order valence-electron chi connectivity index (χ3n) is 5.43. The second-order valence-corrected chi connectivity index (χ2v) is 10.4. The van der Waals surface area contributed by atoms with E-state index < -0.39 is 10.0 Å². The van der Waals surface area contributed by atoms with Gasteiger partial charge in [-0.25, -0.2) is 8.42 Å². The fraction of sp³-hybridized carbons (Fsp3) is 0.111. The van der Waals surface area contributed by atoms with Crippen LogP contribution in [0.3, 0.4) is 0 Å². The number of aromatic nitrogens is 1. The van der Waals surface area contributed by atoms with Gasteiger partial charge in [0.05, 0.1) is 23.5 Å². The second kappa shape index (κ2) is 10.7. The molecule has 1 amide bonds. The Morgan fingerprint density at radius 2 is 1.46 bits per heavy atom. The number of pyridine rings is 1. The summed E-state index contributed by atoms with van der Waals surface area (Å²) >= 11 is 6.22. The van der Waals surface area contributed by atoms with Gasteiger partial charge in [-0.05, 0) is 71.6 Å². The summed E-state index contributed by atoms with van der Waals surface area (Å²) in [5, 5.41) is 3.24. The number of halogens is 1. The Morgan fingerprint density at radius 1 is 0.857 bits per heavy atom. The molecule has 0 aliphatic carbocycles. The van der Waals surface area contributed by atoms with Crippen molar-refractivity contribution in [1.82, 2.24) is 4.98 Å². The number of hydrogen-bond donors (Lipinski definition) is 1. The lowest BCUT2D eigenvalue weighted by molar-refractivity contribution is 0.102. The van der Waals surface area contributed by atoms with Crippen LogP contribution in [0.5, 0.6) is 0 Å². The van der Waals surface area contributed by atoms with Crippen molar-refractivity contribution in [3.63, 3.8) is 0 Å². The molecule has 0 aliphatic heterocycles. The Kier molecular flexibility index (Phi) is 7.48. The molecule has 0 saturated heterocycles. The van der Waals surface area contributed by atoms with Crippen molar-refractivity contribution in [2.24, 2.45) is 0 Å². The molecule has 8 heteroatoms. The number of benzene rings is 3. The maximum absolute atomic E-state index is 12.7. The average Bonchev–Trinajstić information content (AvgIpc) is 2.85. The highest BCUT2D eigenvalue weighted by Gasteiger charge is 2.20. The number of hydrogen-bond acceptors (Lipinski definition) is 4. The normalized spacial score (nSPS) is 11.1. The van der Waals surface area contributed by atoms with Gasteiger partial charge in [0.15, 0.2) is 0 Å². The van der Waals surface area contributed by atoms with Gasteiger partial charge in [-0.1, -0.05) is 48.0 Å². The molecule has 4 rings (SSSR count). The fourth-order valence-corrected chi connectivity index (χ4v) is 4.80. The maximum atomic E-state index is 12.7. The fourth-order valence-electron chi connectivity index (χ4n) is 3.61. The van der Waals surface area contributed by atoms with Crippen LogP contribution in [0.25, 0.3) is 0 Å². The van der Waals surface area contributed by atoms with E-state index in [-0.39, 0.29) is 12.5 Å². The molecule has 1 heterocycles. The van der Waals surface area contributed by atoms with Crippen molar-refractivity contribution in [2.45, 2.75) is 13.0 Å². The van der Waals surface area contributed by atoms with Gasteiger partial charge in [0.1, 0.15) is 0 Å². The van der Waals surface area contributed by atoms with E-state index in [1.807, 2.05) is 36.4 Å². The van der Waals surface area contributed by atoms with Crippen LogP contribution in [0.2, 0.25) is 5.02 Å². The van der Waals surface area contributed by atoms with Gasteiger partial charge < -0.3 is 5.32 Å². The molecule has 4 aromatic rings. The van der Waals surface area contributed by atoms with Crippen molar-refractivity contribution >= 4 is 38.9 Å². The summed E-state index contributed by atoms with van der Waals surface area (Å²) in [5.74, 6) is -0.246. The Morgan fingerprint density at radius 3 is 2.09 bits per heavy atom. The molecule has 0 fully saturated rings. The maximum Gasteiger partial charge on any atom is 0.255 e. The minimum atomic E-state index is -3.56. The molecule has 178 valence electrons. The zero-order valence-corrected chi connectivity index (χ0v) is 20.6. The van der Waals surface area contributed by atoms with E-state index in [1.54, 1.807) is 60.9 Å². The van der Waals surface area contributed by atoms with Crippen LogP contribution in [0.4, 0.5) is 11.4 Å². The molecule has 0 aliphatic rings. The predicted octanol–water partition coefficient (Wildman–Crippen LogP) is 5.54. The largest absolute Gasteiger partial charge is 0.322 e. The Bertz CT molecular complexity index is 1410. The van der Waals surface area contributed by atoms with Gasteiger partial charge in [0, 0.05) is 23.6 Å². The molecule has 6 nitrogen and oxygen atoms in total. The minimum Gasteiger partial charge on any atom is -0.322 e. The Hall–Kier alpha value is -3.68. The third kappa shape index (κ3) is 6.47. The number of nitrogens with zero attached hydrogens (tertiary/aromatic N) is 2. The topological polar surface area (TPSA) is 79.4 Å². The highest BCUT2D eigenvalue weighted by molar-refractivity contribution is 7.92. The second-order valence-electron chi connectivity index (χ2n) is 8.10. The Balaban J connectivity index is 1.42. The monoisotopic (exact) mass is 505 g/mol. The molecule has 0 radical (unpaired) electrons. The van der Waals surface area contributed by atoms with Crippen LogP contribution >= 0.6 is 11.6 Å². The summed E-state index contributed by atoms with van der Waals surface area (Å²) in [5.41, 5.74) is 4.60. The number of amides is 1. The van der Waals surface area contributed by atoms with Crippen LogP contribution in [0.15, 0.2) is 97.3 Å². The molecule has 0 atom stereocenters. The van der Waals surface area contributed by atoms with Crippen LogP contribution in [0.1, 0.15) is 27.0 Å². The molecule has 0 bridgehead atoms. The lowest BCUT2D eigenvalue weighted by Gasteiger charge is -2.23. The van der Waals surface area contributed by atoms with Gasteiger partial charge in [-0.3, -0.25) is 14.1 Å². The molecule has 0 spiro atoms. The highest BCUT2D eigenvalue weighted by atomic mass is 35.5. The van der Waals surface area contributed by atoms with E-state index in [0.717, 1.165) is 23.8 Å². The summed E-state index contributed by atoms with van der Waals surface area (Å²) in [6.07, 6.45) is 5.47. The van der Waals surface area contributed by atoms with Crippen molar-refractivity contribution in [3.8, 4) is 0 Å². The predicted molar refractivity (Wildman–Crippen MR) is 140 cm³/mol. The molecule has 0 unspecified atom stereocenters. The molecule has 3 aromatic carbocycles. The van der Waals surface area contributed by atoms with Crippen molar-refractivity contribution in [2.75, 3.05) is 15.9 Å². The first-order valence-corrected chi connectivity index (χ1v) is 13.1. The quantitative estimate of drug-likeness (QED) is 0.341. The molecule has 1 aromatic heterocycles. The van der Waals surface area contributed by atoms with Crippen LogP contribution in [-0.2, 0) is 23.0 Å². The van der Waals surface area contributed by atoms with Gasteiger partial charge in [0.2, 0.25) is 10.0 Å². The summed E-state index contributed by atoms with van der Waals surface area (Å²) < 4.78 is 26.0. The van der Waals surface area contributed by atoms with Crippen LogP contribution in [0, 0.1) is 0 Å². The summed E-state index contributed by atoms with van der Waals surface area (Å²) in [6.45, 7) is 0.101. The smallest absolute Gasteiger partial charge is 0.255 e. The van der Waals surface area contributed by atoms with Crippen LogP contribution < -0.4 is 9.62 Å². The van der Waals surface area contributed by atoms with Crippen molar-refractivity contribution in [3.05, 3.63) is 125 Å². The van der Waals surface area contributed by atoms with Gasteiger partial charge in [0.25, 0.3) is 5.91 Å². The molecular formula is C27H24ClN3O3S. The molecular weight excluding hydrogens is 482 g/mol. The van der Waals surface area contributed by atoms with Gasteiger partial charge >= 0.3 is 0 Å². The van der Waals surface area contributed by atoms with E-state index in [4.69, 9.17) is 11.6 Å². The number of para-hydroxylation sites is 1. The summed E-state index contributed by atoms with van der Waals surface area (Å²) in [6, 6.07) is 25.3. The lowest BCUT2D eigenvalue weighted by atomic mass is 10.1. The first-order chi connectivity index (χ1) is 16.8. The van der Waals surface area contributed by atoms with Crippen LogP contribution in [-0.4, -0.2) is 25.6 Å². The number of rotatable bonds is 8. The van der Waals surface area contributed by atoms with Crippen molar-refractivity contribution in [1.29, 1.82) is 0 Å². The number of carbonyl (C=O) groups excluding carboxylic acids is 1. The van der Waals surface area contributed by atoms with E-state index in [9.17, 15) is 13.2 Å². The van der Waals surface area contributed by atoms with E-state index >= 15 is 0 Å². The SMILES string of the molecule is CS(=O)(=O)N(Cc1ccc(C(=O)Nc2ccc(Cc3ccncc3)cc2)cc1)c1ccccc1Cl. The summed E-state index contributed by atoms with van der Waals surface area (Å²) in [7, 11) is -3.56. The van der Waals surface area contributed by atoms with Gasteiger partial charge in [-0.15, -0.1) is 0 Å². The average molecular weight is 506 g/mol. The molecule has 1 N–H and O–H groups in total. The summed E-state index contributed by atoms with van der Waals surface area (Å²) in [4.78, 5) is 16.7.